The molecule has 1 heterocycles. The van der Waals surface area contributed by atoms with E-state index in [2.05, 4.69) is 15.6 Å². The van der Waals surface area contributed by atoms with Crippen LogP contribution in [-0.2, 0) is 11.3 Å². The van der Waals surface area contributed by atoms with Crippen molar-refractivity contribution in [1.82, 2.24) is 10.3 Å². The summed E-state index contributed by atoms with van der Waals surface area (Å²) in [7, 11) is 0. The Morgan fingerprint density at radius 2 is 1.75 bits per heavy atom. The van der Waals surface area contributed by atoms with E-state index in [9.17, 15) is 14.0 Å². The third-order valence-corrected chi connectivity index (χ3v) is 3.90. The van der Waals surface area contributed by atoms with Gasteiger partial charge < -0.3 is 10.6 Å². The van der Waals surface area contributed by atoms with Gasteiger partial charge in [-0.3, -0.25) is 14.6 Å². The van der Waals surface area contributed by atoms with Crippen LogP contribution in [0.1, 0.15) is 21.5 Å². The number of nitrogens with zero attached hydrogens (tertiary/aromatic N) is 1. The zero-order valence-electron chi connectivity index (χ0n) is 14.9. The maximum Gasteiger partial charge on any atom is 0.257 e. The Morgan fingerprint density at radius 1 is 1.00 bits per heavy atom. The van der Waals surface area contributed by atoms with Gasteiger partial charge >= 0.3 is 0 Å². The van der Waals surface area contributed by atoms with Crippen molar-refractivity contribution in [1.29, 1.82) is 0 Å². The largest absolute Gasteiger partial charge is 0.348 e. The van der Waals surface area contributed by atoms with E-state index in [0.717, 1.165) is 11.1 Å². The minimum absolute atomic E-state index is 0.236. The summed E-state index contributed by atoms with van der Waals surface area (Å²) in [6.45, 7) is 0.351. The molecule has 2 aromatic carbocycles. The maximum atomic E-state index is 12.8. The van der Waals surface area contributed by atoms with Crippen molar-refractivity contribution < 1.29 is 14.0 Å². The van der Waals surface area contributed by atoms with E-state index >= 15 is 0 Å². The predicted molar refractivity (Wildman–Crippen MR) is 106 cm³/mol. The smallest absolute Gasteiger partial charge is 0.257 e. The number of carbonyl (C=O) groups excluding carboxylic acids is 2. The summed E-state index contributed by atoms with van der Waals surface area (Å²) < 4.78 is 12.8. The van der Waals surface area contributed by atoms with Gasteiger partial charge in [0.05, 0.1) is 5.56 Å². The molecule has 0 aliphatic heterocycles. The third kappa shape index (κ3) is 5.60. The van der Waals surface area contributed by atoms with Crippen LogP contribution in [0.4, 0.5) is 10.1 Å². The summed E-state index contributed by atoms with van der Waals surface area (Å²) in [4.78, 5) is 27.9. The van der Waals surface area contributed by atoms with E-state index in [4.69, 9.17) is 0 Å². The molecule has 0 radical (unpaired) electrons. The lowest BCUT2D eigenvalue weighted by molar-refractivity contribution is -0.116. The average molecular weight is 375 g/mol. The number of hydrogen-bond donors (Lipinski definition) is 2. The lowest BCUT2D eigenvalue weighted by atomic mass is 10.2. The molecular weight excluding hydrogens is 357 g/mol. The summed E-state index contributed by atoms with van der Waals surface area (Å²) in [5.41, 5.74) is 2.76. The molecule has 0 fully saturated rings. The van der Waals surface area contributed by atoms with Gasteiger partial charge in [-0.2, -0.15) is 0 Å². The van der Waals surface area contributed by atoms with Crippen molar-refractivity contribution >= 4 is 23.6 Å². The van der Waals surface area contributed by atoms with Crippen molar-refractivity contribution in [2.75, 3.05) is 5.32 Å². The quantitative estimate of drug-likeness (QED) is 0.644. The van der Waals surface area contributed by atoms with Crippen LogP contribution in [0.15, 0.2) is 79.1 Å². The molecule has 5 nitrogen and oxygen atoms in total. The number of anilines is 1. The van der Waals surface area contributed by atoms with Crippen molar-refractivity contribution in [3.8, 4) is 0 Å². The highest BCUT2D eigenvalue weighted by atomic mass is 19.1. The maximum absolute atomic E-state index is 12.8. The van der Waals surface area contributed by atoms with Crippen LogP contribution in [0.2, 0.25) is 0 Å². The van der Waals surface area contributed by atoms with Crippen LogP contribution < -0.4 is 10.6 Å². The molecule has 2 amide bonds. The zero-order chi connectivity index (χ0) is 19.8. The van der Waals surface area contributed by atoms with Gasteiger partial charge in [0.15, 0.2) is 0 Å². The number of benzene rings is 2. The fraction of sp³-hybridized carbons (Fsp3) is 0.0455. The molecule has 6 heteroatoms. The molecule has 0 spiro atoms. The molecule has 0 bridgehead atoms. The van der Waals surface area contributed by atoms with Crippen LogP contribution >= 0.6 is 0 Å². The molecule has 0 aliphatic carbocycles. The third-order valence-electron chi connectivity index (χ3n) is 3.90. The Kier molecular flexibility index (Phi) is 6.25. The van der Waals surface area contributed by atoms with Gasteiger partial charge in [0.1, 0.15) is 5.82 Å². The molecule has 0 unspecified atom stereocenters. The monoisotopic (exact) mass is 375 g/mol. The van der Waals surface area contributed by atoms with E-state index in [1.807, 2.05) is 12.1 Å². The van der Waals surface area contributed by atoms with E-state index in [1.54, 1.807) is 48.7 Å². The van der Waals surface area contributed by atoms with Crippen LogP contribution in [0.5, 0.6) is 0 Å². The number of hydrogen-bond acceptors (Lipinski definition) is 3. The number of amides is 2. The highest BCUT2D eigenvalue weighted by Gasteiger charge is 2.05. The second kappa shape index (κ2) is 9.23. The molecule has 1 aromatic heterocycles. The molecule has 0 atom stereocenters. The Bertz CT molecular complexity index is 969. The molecule has 0 saturated carbocycles. The van der Waals surface area contributed by atoms with E-state index in [0.29, 0.717) is 17.8 Å². The van der Waals surface area contributed by atoms with Gasteiger partial charge in [0.2, 0.25) is 5.91 Å². The average Bonchev–Trinajstić information content (AvgIpc) is 2.73. The molecule has 0 aliphatic rings. The zero-order valence-corrected chi connectivity index (χ0v) is 14.9. The molecule has 3 aromatic rings. The number of pyridine rings is 1. The van der Waals surface area contributed by atoms with E-state index < -0.39 is 0 Å². The lowest BCUT2D eigenvalue weighted by Crippen LogP contribution is -2.20. The first-order valence-electron chi connectivity index (χ1n) is 8.62. The van der Waals surface area contributed by atoms with Gasteiger partial charge in [-0.1, -0.05) is 24.3 Å². The summed E-state index contributed by atoms with van der Waals surface area (Å²) >= 11 is 0. The molecule has 3 rings (SSSR count). The number of aromatic nitrogens is 1. The number of nitrogens with one attached hydrogen (secondary N) is 2. The predicted octanol–water partition coefficient (Wildman–Crippen LogP) is 3.80. The molecule has 0 saturated heterocycles. The second-order valence-corrected chi connectivity index (χ2v) is 6.00. The van der Waals surface area contributed by atoms with Crippen molar-refractivity contribution in [2.45, 2.75) is 6.54 Å². The van der Waals surface area contributed by atoms with Crippen LogP contribution in [0.3, 0.4) is 0 Å². The topological polar surface area (TPSA) is 71.1 Å². The van der Waals surface area contributed by atoms with Crippen molar-refractivity contribution in [2.24, 2.45) is 0 Å². The second-order valence-electron chi connectivity index (χ2n) is 6.00. The Morgan fingerprint density at radius 3 is 2.43 bits per heavy atom. The molecule has 2 N–H and O–H groups in total. The molecule has 28 heavy (non-hydrogen) atoms. The SMILES string of the molecule is O=C(/C=C/c1ccc(F)cc1)NCc1ccc(NC(=O)c2cccnc2)cc1. The highest BCUT2D eigenvalue weighted by molar-refractivity contribution is 6.04. The first-order chi connectivity index (χ1) is 13.6. The lowest BCUT2D eigenvalue weighted by Gasteiger charge is -2.07. The first-order valence-corrected chi connectivity index (χ1v) is 8.62. The standard InChI is InChI=1S/C22H18FN3O2/c23-19-8-3-16(4-9-19)7-12-21(27)25-14-17-5-10-20(11-6-17)26-22(28)18-2-1-13-24-15-18/h1-13,15H,14H2,(H,25,27)(H,26,28)/b12-7+. The van der Waals surface area contributed by atoms with Gasteiger partial charge in [0.25, 0.3) is 5.91 Å². The number of halogens is 1. The number of rotatable bonds is 6. The van der Waals surface area contributed by atoms with E-state index in [1.165, 1.54) is 24.4 Å². The fourth-order valence-electron chi connectivity index (χ4n) is 2.40. The summed E-state index contributed by atoms with van der Waals surface area (Å²) in [6, 6.07) is 16.4. The summed E-state index contributed by atoms with van der Waals surface area (Å²) in [6.07, 6.45) is 6.12. The van der Waals surface area contributed by atoms with Crippen molar-refractivity contribution in [3.63, 3.8) is 0 Å². The Labute approximate surface area is 161 Å². The fourth-order valence-corrected chi connectivity index (χ4v) is 2.40. The normalized spacial score (nSPS) is 10.6. The minimum Gasteiger partial charge on any atom is -0.348 e. The number of carbonyl (C=O) groups is 2. The van der Waals surface area contributed by atoms with Crippen molar-refractivity contribution in [3.05, 3.63) is 102 Å². The van der Waals surface area contributed by atoms with Crippen LogP contribution in [0, 0.1) is 5.82 Å². The van der Waals surface area contributed by atoms with Gasteiger partial charge in [0, 0.05) is 30.7 Å². The van der Waals surface area contributed by atoms with E-state index in [-0.39, 0.29) is 17.6 Å². The molecule has 140 valence electrons. The van der Waals surface area contributed by atoms with Crippen LogP contribution in [0.25, 0.3) is 6.08 Å². The minimum atomic E-state index is -0.318. The van der Waals surface area contributed by atoms with Gasteiger partial charge in [-0.05, 0) is 53.6 Å². The van der Waals surface area contributed by atoms with Gasteiger partial charge in [-0.25, -0.2) is 4.39 Å². The summed E-state index contributed by atoms with van der Waals surface area (Å²) in [5.74, 6) is -0.806. The highest BCUT2D eigenvalue weighted by Crippen LogP contribution is 2.11. The Hall–Kier alpha value is -3.80. The molecular formula is C22H18FN3O2. The van der Waals surface area contributed by atoms with Gasteiger partial charge in [-0.15, -0.1) is 0 Å². The first kappa shape index (κ1) is 19.0. The van der Waals surface area contributed by atoms with Crippen LogP contribution in [-0.4, -0.2) is 16.8 Å². The Balaban J connectivity index is 1.49. The summed E-state index contributed by atoms with van der Waals surface area (Å²) in [5, 5.41) is 5.56.